The predicted octanol–water partition coefficient (Wildman–Crippen LogP) is 3.32. The van der Waals surface area contributed by atoms with Crippen molar-refractivity contribution in [1.82, 2.24) is 4.90 Å². The summed E-state index contributed by atoms with van der Waals surface area (Å²) in [7, 11) is 2.06. The van der Waals surface area contributed by atoms with Crippen LogP contribution in [0.1, 0.15) is 37.3 Å². The summed E-state index contributed by atoms with van der Waals surface area (Å²) < 4.78 is 0. The van der Waals surface area contributed by atoms with Gasteiger partial charge in [0.2, 0.25) is 0 Å². The quantitative estimate of drug-likeness (QED) is 0.916. The third-order valence-electron chi connectivity index (χ3n) is 4.48. The van der Waals surface area contributed by atoms with E-state index in [0.717, 1.165) is 25.8 Å². The molecule has 1 aromatic carbocycles. The summed E-state index contributed by atoms with van der Waals surface area (Å²) in [5, 5.41) is 9.43. The molecule has 1 aliphatic rings. The summed E-state index contributed by atoms with van der Waals surface area (Å²) in [5.74, 6) is -0.241. The van der Waals surface area contributed by atoms with Crippen LogP contribution in [-0.2, 0) is 11.3 Å². The summed E-state index contributed by atoms with van der Waals surface area (Å²) in [4.78, 5) is 13.7. The van der Waals surface area contributed by atoms with E-state index >= 15 is 0 Å². The van der Waals surface area contributed by atoms with Crippen molar-refractivity contribution >= 4 is 5.97 Å². The Balaban J connectivity index is 2.08. The molecule has 3 atom stereocenters. The van der Waals surface area contributed by atoms with Crippen LogP contribution in [0.4, 0.5) is 0 Å². The van der Waals surface area contributed by atoms with Crippen molar-refractivity contribution in [1.29, 1.82) is 0 Å². The molecule has 0 heterocycles. The van der Waals surface area contributed by atoms with Crippen molar-refractivity contribution in [3.05, 3.63) is 35.4 Å². The van der Waals surface area contributed by atoms with Crippen LogP contribution in [0.5, 0.6) is 0 Å². The fourth-order valence-corrected chi connectivity index (χ4v) is 3.34. The second-order valence-corrected chi connectivity index (χ2v) is 6.33. The molecule has 1 saturated carbocycles. The minimum absolute atomic E-state index is 0.150. The first-order chi connectivity index (χ1) is 9.47. The summed E-state index contributed by atoms with van der Waals surface area (Å²) in [5.41, 5.74) is 2.51. The Hall–Kier alpha value is -1.35. The zero-order chi connectivity index (χ0) is 14.7. The molecular formula is C17H25NO2. The average molecular weight is 275 g/mol. The van der Waals surface area contributed by atoms with Crippen molar-refractivity contribution in [2.75, 3.05) is 7.05 Å². The molecule has 3 heteroatoms. The van der Waals surface area contributed by atoms with Gasteiger partial charge >= 0.3 is 5.97 Å². The fourth-order valence-electron chi connectivity index (χ4n) is 3.34. The molecule has 3 nitrogen and oxygen atoms in total. The molecule has 1 aliphatic carbocycles. The lowest BCUT2D eigenvalue weighted by atomic mass is 9.78. The number of rotatable bonds is 4. The lowest BCUT2D eigenvalue weighted by Gasteiger charge is -2.38. The zero-order valence-electron chi connectivity index (χ0n) is 12.7. The van der Waals surface area contributed by atoms with Gasteiger partial charge in [-0.05, 0) is 44.7 Å². The SMILES string of the molecule is Cc1cccc(CN(C)C2CC(C)CCC2C(=O)O)c1. The maximum absolute atomic E-state index is 11.5. The van der Waals surface area contributed by atoms with Gasteiger partial charge in [-0.1, -0.05) is 36.8 Å². The first kappa shape index (κ1) is 15.0. The maximum atomic E-state index is 11.5. The molecule has 0 saturated heterocycles. The molecule has 110 valence electrons. The van der Waals surface area contributed by atoms with E-state index in [-0.39, 0.29) is 12.0 Å². The maximum Gasteiger partial charge on any atom is 0.308 e. The highest BCUT2D eigenvalue weighted by molar-refractivity contribution is 5.71. The number of nitrogens with zero attached hydrogens (tertiary/aromatic N) is 1. The Morgan fingerprint density at radius 2 is 2.15 bits per heavy atom. The van der Waals surface area contributed by atoms with Gasteiger partial charge in [0.25, 0.3) is 0 Å². The number of carboxylic acid groups (broad SMARTS) is 1. The first-order valence-corrected chi connectivity index (χ1v) is 7.46. The second kappa shape index (κ2) is 6.40. The highest BCUT2D eigenvalue weighted by atomic mass is 16.4. The predicted molar refractivity (Wildman–Crippen MR) is 80.6 cm³/mol. The van der Waals surface area contributed by atoms with Crippen LogP contribution in [0.15, 0.2) is 24.3 Å². The molecule has 20 heavy (non-hydrogen) atoms. The van der Waals surface area contributed by atoms with Crippen molar-refractivity contribution in [2.45, 2.75) is 45.7 Å². The normalized spacial score (nSPS) is 26.7. The highest BCUT2D eigenvalue weighted by Crippen LogP contribution is 2.32. The van der Waals surface area contributed by atoms with Crippen LogP contribution in [0, 0.1) is 18.8 Å². The van der Waals surface area contributed by atoms with Gasteiger partial charge in [0.05, 0.1) is 5.92 Å². The van der Waals surface area contributed by atoms with Crippen LogP contribution >= 0.6 is 0 Å². The standard InChI is InChI=1S/C17H25NO2/c1-12-5-4-6-14(9-12)11-18(3)16-10-13(2)7-8-15(16)17(19)20/h4-6,9,13,15-16H,7-8,10-11H2,1-3H3,(H,19,20). The van der Waals surface area contributed by atoms with Crippen LogP contribution < -0.4 is 0 Å². The van der Waals surface area contributed by atoms with E-state index in [9.17, 15) is 9.90 Å². The Morgan fingerprint density at radius 3 is 2.80 bits per heavy atom. The number of aryl methyl sites for hydroxylation is 1. The summed E-state index contributed by atoms with van der Waals surface area (Å²) in [6.07, 6.45) is 2.82. The van der Waals surface area contributed by atoms with Crippen molar-refractivity contribution in [3.8, 4) is 0 Å². The second-order valence-electron chi connectivity index (χ2n) is 6.33. The third kappa shape index (κ3) is 3.60. The minimum Gasteiger partial charge on any atom is -0.481 e. The molecule has 1 fully saturated rings. The molecule has 0 amide bonds. The lowest BCUT2D eigenvalue weighted by molar-refractivity contribution is -0.146. The van der Waals surface area contributed by atoms with E-state index in [1.807, 2.05) is 0 Å². The topological polar surface area (TPSA) is 40.5 Å². The van der Waals surface area contributed by atoms with E-state index in [1.165, 1.54) is 11.1 Å². The summed E-state index contributed by atoms with van der Waals surface area (Å²) in [6, 6.07) is 8.60. The third-order valence-corrected chi connectivity index (χ3v) is 4.48. The number of hydrogen-bond donors (Lipinski definition) is 1. The molecule has 0 bridgehead atoms. The number of carbonyl (C=O) groups is 1. The largest absolute Gasteiger partial charge is 0.481 e. The molecule has 0 aromatic heterocycles. The van der Waals surface area contributed by atoms with Gasteiger partial charge in [0.1, 0.15) is 0 Å². The highest BCUT2D eigenvalue weighted by Gasteiger charge is 2.35. The minimum atomic E-state index is -0.641. The van der Waals surface area contributed by atoms with Gasteiger partial charge in [-0.3, -0.25) is 9.69 Å². The van der Waals surface area contributed by atoms with E-state index in [1.54, 1.807) is 0 Å². The van der Waals surface area contributed by atoms with Crippen molar-refractivity contribution < 1.29 is 9.90 Å². The van der Waals surface area contributed by atoms with E-state index in [0.29, 0.717) is 5.92 Å². The van der Waals surface area contributed by atoms with E-state index < -0.39 is 5.97 Å². The van der Waals surface area contributed by atoms with Crippen LogP contribution in [0.25, 0.3) is 0 Å². The molecule has 3 unspecified atom stereocenters. The molecule has 0 spiro atoms. The molecule has 0 radical (unpaired) electrons. The number of carboxylic acids is 1. The molecule has 1 N–H and O–H groups in total. The Bertz CT molecular complexity index is 472. The Kier molecular flexibility index (Phi) is 4.81. The fraction of sp³-hybridized carbons (Fsp3) is 0.588. The molecule has 1 aromatic rings. The monoisotopic (exact) mass is 275 g/mol. The first-order valence-electron chi connectivity index (χ1n) is 7.46. The Morgan fingerprint density at radius 1 is 1.40 bits per heavy atom. The smallest absolute Gasteiger partial charge is 0.308 e. The Labute approximate surface area is 121 Å². The van der Waals surface area contributed by atoms with Crippen LogP contribution in [0.2, 0.25) is 0 Å². The molecule has 0 aliphatic heterocycles. The van der Waals surface area contributed by atoms with Gasteiger partial charge in [0, 0.05) is 12.6 Å². The number of aliphatic carboxylic acids is 1. The molecule has 2 rings (SSSR count). The number of benzene rings is 1. The summed E-state index contributed by atoms with van der Waals surface area (Å²) in [6.45, 7) is 5.14. The van der Waals surface area contributed by atoms with Gasteiger partial charge in [-0.2, -0.15) is 0 Å². The van der Waals surface area contributed by atoms with Crippen molar-refractivity contribution in [3.63, 3.8) is 0 Å². The van der Waals surface area contributed by atoms with Gasteiger partial charge in [-0.25, -0.2) is 0 Å². The summed E-state index contributed by atoms with van der Waals surface area (Å²) >= 11 is 0. The number of hydrogen-bond acceptors (Lipinski definition) is 2. The van der Waals surface area contributed by atoms with Gasteiger partial charge < -0.3 is 5.11 Å². The molecular weight excluding hydrogens is 250 g/mol. The van der Waals surface area contributed by atoms with Gasteiger partial charge in [0.15, 0.2) is 0 Å². The average Bonchev–Trinajstić information content (AvgIpc) is 2.38. The van der Waals surface area contributed by atoms with Crippen LogP contribution in [-0.4, -0.2) is 29.1 Å². The van der Waals surface area contributed by atoms with Crippen molar-refractivity contribution in [2.24, 2.45) is 11.8 Å². The van der Waals surface area contributed by atoms with Gasteiger partial charge in [-0.15, -0.1) is 0 Å². The van der Waals surface area contributed by atoms with E-state index in [4.69, 9.17) is 0 Å². The zero-order valence-corrected chi connectivity index (χ0v) is 12.7. The van der Waals surface area contributed by atoms with Crippen LogP contribution in [0.3, 0.4) is 0 Å². The van der Waals surface area contributed by atoms with E-state index in [2.05, 4.69) is 50.1 Å². The lowest BCUT2D eigenvalue weighted by Crippen LogP contribution is -2.44.